The number of carbonyl (C=O) groups is 1. The van der Waals surface area contributed by atoms with Gasteiger partial charge in [-0.2, -0.15) is 0 Å². The summed E-state index contributed by atoms with van der Waals surface area (Å²) in [5.41, 5.74) is 0.524. The topological polar surface area (TPSA) is 105 Å². The molecule has 2 bridgehead atoms. The van der Waals surface area contributed by atoms with Crippen LogP contribution in [0.15, 0.2) is 33.5 Å². The molecule has 1 aromatic heterocycles. The molecule has 1 saturated carbocycles. The molecule has 0 radical (unpaired) electrons. The molecule has 5 fully saturated rings. The number of rotatable bonds is 10. The zero-order valence-corrected chi connectivity index (χ0v) is 27.5. The Morgan fingerprint density at radius 1 is 1.09 bits per heavy atom. The van der Waals surface area contributed by atoms with E-state index >= 15 is 0 Å². The van der Waals surface area contributed by atoms with Crippen LogP contribution in [-0.2, 0) is 14.5 Å². The van der Waals surface area contributed by atoms with Crippen molar-refractivity contribution in [1.82, 2.24) is 9.80 Å². The SMILES string of the molecule is CCN(CC)c1ccc2cc(C(=O)N3CCN(CCCC(O)C(C)C4CCCC5CCC6(C)OCC54OO6)CC3)c(=O)oc2c1. The molecule has 7 rings (SSSR count). The number of ether oxygens (including phenoxy) is 1. The lowest BCUT2D eigenvalue weighted by molar-refractivity contribution is -0.516. The summed E-state index contributed by atoms with van der Waals surface area (Å²) in [4.78, 5) is 44.5. The summed E-state index contributed by atoms with van der Waals surface area (Å²) in [7, 11) is 0. The summed E-state index contributed by atoms with van der Waals surface area (Å²) in [6.07, 6.45) is 6.32. The third kappa shape index (κ3) is 6.41. The fourth-order valence-electron chi connectivity index (χ4n) is 8.29. The Labute approximate surface area is 266 Å². The maximum Gasteiger partial charge on any atom is 0.349 e. The van der Waals surface area contributed by atoms with Gasteiger partial charge in [-0.3, -0.25) is 9.69 Å². The first-order chi connectivity index (χ1) is 21.7. The van der Waals surface area contributed by atoms with Crippen LogP contribution in [0.5, 0.6) is 0 Å². The Bertz CT molecular complexity index is 1390. The van der Waals surface area contributed by atoms with Gasteiger partial charge in [-0.25, -0.2) is 14.6 Å². The Hall–Kier alpha value is -2.50. The van der Waals surface area contributed by atoms with E-state index in [0.29, 0.717) is 37.6 Å². The van der Waals surface area contributed by atoms with E-state index in [1.165, 1.54) is 0 Å². The highest BCUT2D eigenvalue weighted by Crippen LogP contribution is 2.53. The molecule has 248 valence electrons. The molecule has 45 heavy (non-hydrogen) atoms. The van der Waals surface area contributed by atoms with Gasteiger partial charge in [0.2, 0.25) is 0 Å². The highest BCUT2D eigenvalue weighted by molar-refractivity contribution is 5.97. The summed E-state index contributed by atoms with van der Waals surface area (Å²) in [5.74, 6) is -0.249. The van der Waals surface area contributed by atoms with Gasteiger partial charge in [0.1, 0.15) is 16.7 Å². The van der Waals surface area contributed by atoms with Crippen molar-refractivity contribution in [3.05, 3.63) is 40.2 Å². The predicted molar refractivity (Wildman–Crippen MR) is 172 cm³/mol. The summed E-state index contributed by atoms with van der Waals surface area (Å²) in [6.45, 7) is 14.0. The van der Waals surface area contributed by atoms with Crippen molar-refractivity contribution >= 4 is 22.6 Å². The second-order valence-electron chi connectivity index (χ2n) is 13.9. The maximum atomic E-state index is 13.3. The van der Waals surface area contributed by atoms with Crippen LogP contribution in [0.1, 0.15) is 83.0 Å². The average molecular weight is 626 g/mol. The van der Waals surface area contributed by atoms with Crippen LogP contribution in [0.25, 0.3) is 11.0 Å². The van der Waals surface area contributed by atoms with Gasteiger partial charge in [-0.05, 0) is 95.4 Å². The molecule has 5 heterocycles. The third-order valence-corrected chi connectivity index (χ3v) is 11.3. The molecule has 1 spiro atoms. The minimum Gasteiger partial charge on any atom is -0.422 e. The van der Waals surface area contributed by atoms with Crippen LogP contribution in [0.2, 0.25) is 0 Å². The van der Waals surface area contributed by atoms with Gasteiger partial charge in [-0.1, -0.05) is 13.3 Å². The molecule has 1 aromatic carbocycles. The van der Waals surface area contributed by atoms with E-state index in [0.717, 1.165) is 82.3 Å². The third-order valence-electron chi connectivity index (χ3n) is 11.3. The van der Waals surface area contributed by atoms with Crippen molar-refractivity contribution in [1.29, 1.82) is 0 Å². The quantitative estimate of drug-likeness (QED) is 0.294. The molecule has 4 saturated heterocycles. The first kappa shape index (κ1) is 32.4. The van der Waals surface area contributed by atoms with Gasteiger partial charge in [0, 0.05) is 62.8 Å². The smallest absolute Gasteiger partial charge is 0.349 e. The molecule has 1 amide bonds. The number of hydrogen-bond donors (Lipinski definition) is 1. The van der Waals surface area contributed by atoms with Crippen molar-refractivity contribution in [2.45, 2.75) is 90.1 Å². The second kappa shape index (κ2) is 13.3. The molecule has 10 heteroatoms. The number of anilines is 1. The van der Waals surface area contributed by atoms with Crippen molar-refractivity contribution in [3.8, 4) is 0 Å². The van der Waals surface area contributed by atoms with Gasteiger partial charge >= 0.3 is 5.63 Å². The van der Waals surface area contributed by atoms with Crippen LogP contribution in [0, 0.1) is 17.8 Å². The summed E-state index contributed by atoms with van der Waals surface area (Å²) < 4.78 is 11.8. The maximum absolute atomic E-state index is 13.3. The van der Waals surface area contributed by atoms with Gasteiger partial charge in [-0.15, -0.1) is 0 Å². The highest BCUT2D eigenvalue weighted by atomic mass is 17.2. The molecular formula is C35H51N3O7. The molecule has 4 aliphatic heterocycles. The fourth-order valence-corrected chi connectivity index (χ4v) is 8.29. The van der Waals surface area contributed by atoms with Crippen molar-refractivity contribution in [3.63, 3.8) is 0 Å². The van der Waals surface area contributed by atoms with Crippen LogP contribution in [0.4, 0.5) is 5.69 Å². The molecule has 6 unspecified atom stereocenters. The number of amides is 1. The predicted octanol–water partition coefficient (Wildman–Crippen LogP) is 4.82. The van der Waals surface area contributed by atoms with Crippen molar-refractivity contribution in [2.24, 2.45) is 17.8 Å². The lowest BCUT2D eigenvalue weighted by atomic mass is 9.62. The molecule has 1 aliphatic carbocycles. The Kier molecular flexibility index (Phi) is 9.60. The number of hydrogen-bond acceptors (Lipinski definition) is 9. The van der Waals surface area contributed by atoms with Crippen molar-refractivity contribution in [2.75, 3.05) is 57.3 Å². The number of piperazine rings is 1. The van der Waals surface area contributed by atoms with Gasteiger partial charge in [0.25, 0.3) is 5.91 Å². The number of aliphatic hydroxyl groups excluding tert-OH is 1. The van der Waals surface area contributed by atoms with Crippen LogP contribution in [0.3, 0.4) is 0 Å². The van der Waals surface area contributed by atoms with E-state index in [4.69, 9.17) is 18.9 Å². The molecule has 2 aromatic rings. The Morgan fingerprint density at radius 3 is 2.58 bits per heavy atom. The zero-order chi connectivity index (χ0) is 31.8. The lowest BCUT2D eigenvalue weighted by Gasteiger charge is -2.52. The van der Waals surface area contributed by atoms with E-state index < -0.39 is 23.1 Å². The van der Waals surface area contributed by atoms with E-state index in [1.807, 2.05) is 25.1 Å². The average Bonchev–Trinajstić information content (AvgIpc) is 3.30. The lowest BCUT2D eigenvalue weighted by Crippen LogP contribution is -2.59. The van der Waals surface area contributed by atoms with Crippen LogP contribution >= 0.6 is 0 Å². The number of fused-ring (bicyclic) bond motifs is 4. The minimum atomic E-state index is -0.651. The summed E-state index contributed by atoms with van der Waals surface area (Å²) >= 11 is 0. The summed E-state index contributed by atoms with van der Waals surface area (Å²) in [6, 6.07) is 7.46. The Balaban J connectivity index is 0.993. The molecule has 1 N–H and O–H groups in total. The minimum absolute atomic E-state index is 0.0781. The number of aliphatic hydroxyl groups is 1. The van der Waals surface area contributed by atoms with Crippen molar-refractivity contribution < 1.29 is 28.8 Å². The number of benzene rings is 1. The largest absolute Gasteiger partial charge is 0.422 e. The number of nitrogens with zero attached hydrogens (tertiary/aromatic N) is 3. The van der Waals surface area contributed by atoms with E-state index in [-0.39, 0.29) is 23.3 Å². The van der Waals surface area contributed by atoms with Crippen LogP contribution in [-0.4, -0.2) is 90.7 Å². The standard InChI is InChI=1S/C35H51N3O7/c1-5-37(6-2)27-13-12-25-21-28(33(41)43-31(25)22-27)32(40)38-19-17-36(18-20-38)16-8-11-30(39)24(3)29-10-7-9-26-14-15-34(4)42-23-35(26,29)45-44-34/h12-13,21-22,24,26,29-30,39H,5-11,14-20,23H2,1-4H3. The van der Waals surface area contributed by atoms with Gasteiger partial charge in [0.15, 0.2) is 5.79 Å². The monoisotopic (exact) mass is 625 g/mol. The first-order valence-corrected chi connectivity index (χ1v) is 17.2. The van der Waals surface area contributed by atoms with Gasteiger partial charge < -0.3 is 24.1 Å². The molecular weight excluding hydrogens is 574 g/mol. The van der Waals surface area contributed by atoms with Gasteiger partial charge in [0.05, 0.1) is 12.7 Å². The zero-order valence-electron chi connectivity index (χ0n) is 27.5. The van der Waals surface area contributed by atoms with E-state index in [9.17, 15) is 14.7 Å². The summed E-state index contributed by atoms with van der Waals surface area (Å²) in [5, 5.41) is 12.0. The van der Waals surface area contributed by atoms with Crippen LogP contribution < -0.4 is 10.5 Å². The highest BCUT2D eigenvalue weighted by Gasteiger charge is 2.59. The van der Waals surface area contributed by atoms with E-state index in [2.05, 4.69) is 30.6 Å². The second-order valence-corrected chi connectivity index (χ2v) is 13.9. The molecule has 10 nitrogen and oxygen atoms in total. The number of carbonyl (C=O) groups excluding carboxylic acids is 1. The van der Waals surface area contributed by atoms with E-state index in [1.54, 1.807) is 11.0 Å². The molecule has 5 aliphatic rings. The normalized spacial score (nSPS) is 30.1. The molecule has 6 atom stereocenters. The fraction of sp³-hybridized carbons (Fsp3) is 0.714. The first-order valence-electron chi connectivity index (χ1n) is 17.2. The Morgan fingerprint density at radius 2 is 1.87 bits per heavy atom.